The third-order valence-electron chi connectivity index (χ3n) is 3.45. The molecular weight excluding hydrogens is 330 g/mol. The summed E-state index contributed by atoms with van der Waals surface area (Å²) in [5, 5.41) is 3.09. The Kier molecular flexibility index (Phi) is 5.03. The molecule has 0 heterocycles. The Hall–Kier alpha value is -0.590. The van der Waals surface area contributed by atoms with E-state index in [2.05, 4.69) is 21.2 Å². The molecule has 0 aliphatic carbocycles. The van der Waals surface area contributed by atoms with Gasteiger partial charge in [0.1, 0.15) is 5.75 Å². The normalized spacial score (nSPS) is 14.2. The number of halogens is 1. The highest BCUT2D eigenvalue weighted by Crippen LogP contribution is 2.35. The summed E-state index contributed by atoms with van der Waals surface area (Å²) in [6, 6.07) is 5.27. The number of nitrogens with one attached hydrogen (secondary N) is 1. The quantitative estimate of drug-likeness (QED) is 0.887. The van der Waals surface area contributed by atoms with Crippen molar-refractivity contribution in [2.24, 2.45) is 0 Å². The maximum absolute atomic E-state index is 12.0. The zero-order chi connectivity index (χ0) is 14.8. The SMILES string of the molecule is CNC(c1ccc(OC)c(Br)c1)C(C)(C)S(C)(=O)=O. The third kappa shape index (κ3) is 3.30. The van der Waals surface area contributed by atoms with Crippen LogP contribution in [0.4, 0.5) is 0 Å². The molecule has 108 valence electrons. The molecule has 4 nitrogen and oxygen atoms in total. The van der Waals surface area contributed by atoms with Crippen LogP contribution in [0.25, 0.3) is 0 Å². The predicted octanol–water partition coefficient (Wildman–Crippen LogP) is 2.54. The highest BCUT2D eigenvalue weighted by molar-refractivity contribution is 9.10. The number of methoxy groups -OCH3 is 1. The Morgan fingerprint density at radius 3 is 2.32 bits per heavy atom. The van der Waals surface area contributed by atoms with Gasteiger partial charge in [-0.1, -0.05) is 6.07 Å². The van der Waals surface area contributed by atoms with Crippen molar-refractivity contribution in [1.82, 2.24) is 5.32 Å². The van der Waals surface area contributed by atoms with E-state index in [4.69, 9.17) is 4.74 Å². The van der Waals surface area contributed by atoms with E-state index in [0.29, 0.717) is 0 Å². The first-order chi connectivity index (χ1) is 8.65. The zero-order valence-corrected chi connectivity index (χ0v) is 14.2. The van der Waals surface area contributed by atoms with Gasteiger partial charge in [-0.15, -0.1) is 0 Å². The molecule has 0 saturated heterocycles. The number of hydrogen-bond donors (Lipinski definition) is 1. The minimum atomic E-state index is -3.20. The van der Waals surface area contributed by atoms with Crippen LogP contribution in [0.2, 0.25) is 0 Å². The van der Waals surface area contributed by atoms with Crippen LogP contribution in [0.15, 0.2) is 22.7 Å². The van der Waals surface area contributed by atoms with Crippen molar-refractivity contribution >= 4 is 25.8 Å². The fourth-order valence-corrected chi connectivity index (χ4v) is 3.23. The smallest absolute Gasteiger partial charge is 0.154 e. The standard InChI is InChI=1S/C13H20BrNO3S/c1-13(2,19(5,16)17)12(15-3)9-6-7-11(18-4)10(14)8-9/h6-8,12,15H,1-5H3. The lowest BCUT2D eigenvalue weighted by Crippen LogP contribution is -2.43. The second kappa shape index (κ2) is 5.81. The summed E-state index contributed by atoms with van der Waals surface area (Å²) in [5.41, 5.74) is 0.894. The van der Waals surface area contributed by atoms with Gasteiger partial charge in [0.15, 0.2) is 9.84 Å². The summed E-state index contributed by atoms with van der Waals surface area (Å²) in [7, 11) is 0.153. The van der Waals surface area contributed by atoms with Gasteiger partial charge in [-0.3, -0.25) is 0 Å². The lowest BCUT2D eigenvalue weighted by atomic mass is 9.95. The second-order valence-electron chi connectivity index (χ2n) is 4.99. The van der Waals surface area contributed by atoms with E-state index in [0.717, 1.165) is 15.8 Å². The topological polar surface area (TPSA) is 55.4 Å². The van der Waals surface area contributed by atoms with Crippen molar-refractivity contribution in [1.29, 1.82) is 0 Å². The van der Waals surface area contributed by atoms with Crippen LogP contribution >= 0.6 is 15.9 Å². The average Bonchev–Trinajstić information content (AvgIpc) is 2.28. The van der Waals surface area contributed by atoms with E-state index in [1.165, 1.54) is 6.26 Å². The number of benzene rings is 1. The molecule has 1 rings (SSSR count). The van der Waals surface area contributed by atoms with E-state index in [1.54, 1.807) is 28.0 Å². The molecule has 1 unspecified atom stereocenters. The number of hydrogen-bond acceptors (Lipinski definition) is 4. The predicted molar refractivity (Wildman–Crippen MR) is 81.4 cm³/mol. The van der Waals surface area contributed by atoms with Crippen LogP contribution < -0.4 is 10.1 Å². The molecule has 6 heteroatoms. The fourth-order valence-electron chi connectivity index (χ4n) is 1.99. The van der Waals surface area contributed by atoms with Crippen molar-refractivity contribution in [3.05, 3.63) is 28.2 Å². The minimum Gasteiger partial charge on any atom is -0.496 e. The van der Waals surface area contributed by atoms with Crippen molar-refractivity contribution in [3.8, 4) is 5.75 Å². The van der Waals surface area contributed by atoms with Gasteiger partial charge in [-0.05, 0) is 54.5 Å². The van der Waals surface area contributed by atoms with Crippen LogP contribution in [-0.4, -0.2) is 33.6 Å². The van der Waals surface area contributed by atoms with E-state index in [9.17, 15) is 8.42 Å². The molecule has 1 atom stereocenters. The van der Waals surface area contributed by atoms with E-state index < -0.39 is 14.6 Å². The summed E-state index contributed by atoms with van der Waals surface area (Å²) in [6.07, 6.45) is 1.26. The molecular formula is C13H20BrNO3S. The molecule has 0 amide bonds. The highest BCUT2D eigenvalue weighted by atomic mass is 79.9. The first-order valence-electron chi connectivity index (χ1n) is 5.85. The average molecular weight is 350 g/mol. The van der Waals surface area contributed by atoms with Crippen molar-refractivity contribution in [3.63, 3.8) is 0 Å². The Bertz CT molecular complexity index is 555. The largest absolute Gasteiger partial charge is 0.496 e. The van der Waals surface area contributed by atoms with Crippen LogP contribution in [0.5, 0.6) is 5.75 Å². The van der Waals surface area contributed by atoms with Gasteiger partial charge >= 0.3 is 0 Å². The molecule has 0 radical (unpaired) electrons. The Morgan fingerprint density at radius 1 is 1.37 bits per heavy atom. The summed E-state index contributed by atoms with van der Waals surface area (Å²) in [6.45, 7) is 3.45. The molecule has 0 spiro atoms. The zero-order valence-electron chi connectivity index (χ0n) is 11.8. The Morgan fingerprint density at radius 2 is 1.95 bits per heavy atom. The molecule has 0 aromatic heterocycles. The van der Waals surface area contributed by atoms with Gasteiger partial charge in [0.05, 0.1) is 22.4 Å². The summed E-state index contributed by atoms with van der Waals surface area (Å²) in [5.74, 6) is 0.718. The maximum Gasteiger partial charge on any atom is 0.154 e. The maximum atomic E-state index is 12.0. The van der Waals surface area contributed by atoms with E-state index in [1.807, 2.05) is 18.2 Å². The van der Waals surface area contributed by atoms with Gasteiger partial charge < -0.3 is 10.1 Å². The lowest BCUT2D eigenvalue weighted by Gasteiger charge is -2.33. The molecule has 1 aromatic carbocycles. The van der Waals surface area contributed by atoms with Crippen LogP contribution in [0, 0.1) is 0 Å². The van der Waals surface area contributed by atoms with Gasteiger partial charge in [0.2, 0.25) is 0 Å². The van der Waals surface area contributed by atoms with E-state index in [-0.39, 0.29) is 6.04 Å². The van der Waals surface area contributed by atoms with E-state index >= 15 is 0 Å². The summed E-state index contributed by atoms with van der Waals surface area (Å²) >= 11 is 3.42. The summed E-state index contributed by atoms with van der Waals surface area (Å²) in [4.78, 5) is 0. The van der Waals surface area contributed by atoms with Crippen molar-refractivity contribution in [2.75, 3.05) is 20.4 Å². The molecule has 0 aliphatic heterocycles. The third-order valence-corrected chi connectivity index (χ3v) is 6.22. The Labute approximate surface area is 123 Å². The fraction of sp³-hybridized carbons (Fsp3) is 0.538. The minimum absolute atomic E-state index is 0.301. The number of ether oxygens (including phenoxy) is 1. The monoisotopic (exact) mass is 349 g/mol. The number of rotatable bonds is 5. The molecule has 0 bridgehead atoms. The Balaban J connectivity index is 3.29. The molecule has 0 fully saturated rings. The number of sulfone groups is 1. The van der Waals surface area contributed by atoms with Crippen molar-refractivity contribution < 1.29 is 13.2 Å². The molecule has 19 heavy (non-hydrogen) atoms. The van der Waals surface area contributed by atoms with Gasteiger partial charge in [-0.25, -0.2) is 8.42 Å². The molecule has 0 aliphatic rings. The van der Waals surface area contributed by atoms with Crippen molar-refractivity contribution in [2.45, 2.75) is 24.6 Å². The van der Waals surface area contributed by atoms with Crippen LogP contribution in [-0.2, 0) is 9.84 Å². The first kappa shape index (κ1) is 16.5. The van der Waals surface area contributed by atoms with Crippen LogP contribution in [0.3, 0.4) is 0 Å². The summed E-state index contributed by atoms with van der Waals surface area (Å²) < 4.78 is 29.0. The second-order valence-corrected chi connectivity index (χ2v) is 8.44. The van der Waals surface area contributed by atoms with Gasteiger partial charge in [0, 0.05) is 6.26 Å². The lowest BCUT2D eigenvalue weighted by molar-refractivity contribution is 0.410. The first-order valence-corrected chi connectivity index (χ1v) is 8.54. The molecule has 0 saturated carbocycles. The van der Waals surface area contributed by atoms with Gasteiger partial charge in [-0.2, -0.15) is 0 Å². The van der Waals surface area contributed by atoms with Gasteiger partial charge in [0.25, 0.3) is 0 Å². The molecule has 1 N–H and O–H groups in total. The highest BCUT2D eigenvalue weighted by Gasteiger charge is 2.39. The molecule has 1 aromatic rings. The van der Waals surface area contributed by atoms with Crippen LogP contribution in [0.1, 0.15) is 25.5 Å².